The summed E-state index contributed by atoms with van der Waals surface area (Å²) in [7, 11) is -3.52. The van der Waals surface area contributed by atoms with E-state index in [-0.39, 0.29) is 4.21 Å². The van der Waals surface area contributed by atoms with Crippen molar-refractivity contribution in [1.29, 1.82) is 0 Å². The normalized spacial score (nSPS) is 11.8. The molecule has 4 nitrogen and oxygen atoms in total. The number of nitrogens with one attached hydrogen (secondary N) is 1. The minimum Gasteiger partial charge on any atom is -0.326 e. The number of benzene rings is 1. The molecule has 0 atom stereocenters. The van der Waals surface area contributed by atoms with Gasteiger partial charge >= 0.3 is 0 Å². The van der Waals surface area contributed by atoms with Crippen molar-refractivity contribution in [2.45, 2.75) is 30.5 Å². The molecule has 1 heterocycles. The summed E-state index contributed by atoms with van der Waals surface area (Å²) in [5.41, 5.74) is 7.24. The highest BCUT2D eigenvalue weighted by molar-refractivity contribution is 7.94. The van der Waals surface area contributed by atoms with Gasteiger partial charge in [-0.3, -0.25) is 4.72 Å². The molecule has 20 heavy (non-hydrogen) atoms. The van der Waals surface area contributed by atoms with Gasteiger partial charge in [0.2, 0.25) is 0 Å². The van der Waals surface area contributed by atoms with Crippen molar-refractivity contribution in [3.8, 4) is 0 Å². The van der Waals surface area contributed by atoms with Gasteiger partial charge in [-0.1, -0.05) is 26.0 Å². The zero-order valence-electron chi connectivity index (χ0n) is 11.5. The predicted molar refractivity (Wildman–Crippen MR) is 83.5 cm³/mol. The summed E-state index contributed by atoms with van der Waals surface area (Å²) in [4.78, 5) is 0.848. The molecule has 0 amide bonds. The summed E-state index contributed by atoms with van der Waals surface area (Å²) in [6, 6.07) is 10.7. The van der Waals surface area contributed by atoms with Crippen LogP contribution in [0.2, 0.25) is 0 Å². The Morgan fingerprint density at radius 1 is 1.15 bits per heavy atom. The Labute approximate surface area is 123 Å². The Kier molecular flexibility index (Phi) is 4.47. The molecular weight excluding hydrogens is 292 g/mol. The Morgan fingerprint density at radius 3 is 2.30 bits per heavy atom. The second-order valence-electron chi connectivity index (χ2n) is 4.81. The summed E-state index contributed by atoms with van der Waals surface area (Å²) in [5, 5.41) is 0. The third-order valence-electron chi connectivity index (χ3n) is 2.93. The fraction of sp³-hybridized carbons (Fsp3) is 0.286. The maximum absolute atomic E-state index is 12.2. The molecule has 2 rings (SSSR count). The third-order valence-corrected chi connectivity index (χ3v) is 5.91. The minimum absolute atomic E-state index is 0.283. The molecule has 0 aliphatic rings. The van der Waals surface area contributed by atoms with Gasteiger partial charge < -0.3 is 5.73 Å². The first-order valence-electron chi connectivity index (χ1n) is 6.34. The van der Waals surface area contributed by atoms with E-state index in [2.05, 4.69) is 18.6 Å². The van der Waals surface area contributed by atoms with Crippen LogP contribution in [0.25, 0.3) is 0 Å². The number of hydrogen-bond acceptors (Lipinski definition) is 4. The molecule has 0 saturated heterocycles. The molecule has 108 valence electrons. The highest BCUT2D eigenvalue weighted by Crippen LogP contribution is 2.24. The van der Waals surface area contributed by atoms with Crippen molar-refractivity contribution in [1.82, 2.24) is 0 Å². The zero-order valence-corrected chi connectivity index (χ0v) is 13.1. The lowest BCUT2D eigenvalue weighted by Gasteiger charge is -2.09. The number of anilines is 1. The molecule has 0 fully saturated rings. The molecular formula is C14H18N2O2S2. The molecule has 0 bridgehead atoms. The molecule has 0 aliphatic carbocycles. The van der Waals surface area contributed by atoms with Crippen LogP contribution in [0.4, 0.5) is 5.69 Å². The standard InChI is InChI=1S/C14H18N2O2S2/c1-10(2)11-3-5-12(6-4-11)16-20(17,18)14-8-7-13(9-15)19-14/h3-8,10,16H,9,15H2,1-2H3. The van der Waals surface area contributed by atoms with Gasteiger partial charge in [-0.05, 0) is 35.7 Å². The van der Waals surface area contributed by atoms with Crippen LogP contribution in [-0.2, 0) is 16.6 Å². The molecule has 1 aromatic carbocycles. The average molecular weight is 310 g/mol. The van der Waals surface area contributed by atoms with E-state index in [1.165, 1.54) is 16.9 Å². The van der Waals surface area contributed by atoms with Crippen molar-refractivity contribution in [3.05, 3.63) is 46.8 Å². The lowest BCUT2D eigenvalue weighted by atomic mass is 10.0. The summed E-state index contributed by atoms with van der Waals surface area (Å²) in [6.07, 6.45) is 0. The van der Waals surface area contributed by atoms with E-state index in [9.17, 15) is 8.42 Å². The Hall–Kier alpha value is -1.37. The molecule has 2 aromatic rings. The quantitative estimate of drug-likeness (QED) is 0.891. The van der Waals surface area contributed by atoms with Crippen LogP contribution < -0.4 is 10.5 Å². The van der Waals surface area contributed by atoms with Crippen LogP contribution in [0.15, 0.2) is 40.6 Å². The summed E-state index contributed by atoms with van der Waals surface area (Å²) in [6.45, 7) is 4.54. The van der Waals surface area contributed by atoms with E-state index in [1.54, 1.807) is 24.3 Å². The van der Waals surface area contributed by atoms with Gasteiger partial charge in [-0.2, -0.15) is 0 Å². The Morgan fingerprint density at radius 2 is 1.80 bits per heavy atom. The largest absolute Gasteiger partial charge is 0.326 e. The minimum atomic E-state index is -3.52. The lowest BCUT2D eigenvalue weighted by Crippen LogP contribution is -2.11. The monoisotopic (exact) mass is 310 g/mol. The van der Waals surface area contributed by atoms with Gasteiger partial charge in [-0.25, -0.2) is 8.42 Å². The molecule has 3 N–H and O–H groups in total. The Balaban J connectivity index is 2.19. The SMILES string of the molecule is CC(C)c1ccc(NS(=O)(=O)c2ccc(CN)s2)cc1. The van der Waals surface area contributed by atoms with E-state index in [0.717, 1.165) is 4.88 Å². The van der Waals surface area contributed by atoms with E-state index in [4.69, 9.17) is 5.73 Å². The molecule has 6 heteroatoms. The smallest absolute Gasteiger partial charge is 0.271 e. The highest BCUT2D eigenvalue weighted by Gasteiger charge is 2.16. The first kappa shape index (κ1) is 15.0. The second-order valence-corrected chi connectivity index (χ2v) is 7.88. The van der Waals surface area contributed by atoms with Crippen LogP contribution in [0.1, 0.15) is 30.2 Å². The molecule has 1 aromatic heterocycles. The maximum Gasteiger partial charge on any atom is 0.271 e. The maximum atomic E-state index is 12.2. The summed E-state index contributed by atoms with van der Waals surface area (Å²) < 4.78 is 27.3. The lowest BCUT2D eigenvalue weighted by molar-refractivity contribution is 0.603. The van der Waals surface area contributed by atoms with Crippen LogP contribution in [-0.4, -0.2) is 8.42 Å². The van der Waals surface area contributed by atoms with Crippen LogP contribution in [0, 0.1) is 0 Å². The molecule has 0 aliphatic heterocycles. The summed E-state index contributed by atoms with van der Waals surface area (Å²) >= 11 is 1.19. The summed E-state index contributed by atoms with van der Waals surface area (Å²) in [5.74, 6) is 0.421. The Bertz CT molecular complexity index is 673. The van der Waals surface area contributed by atoms with Crippen LogP contribution in [0.5, 0.6) is 0 Å². The number of thiophene rings is 1. The fourth-order valence-corrected chi connectivity index (χ4v) is 4.05. The zero-order chi connectivity index (χ0) is 14.8. The molecule has 0 spiro atoms. The van der Waals surface area contributed by atoms with Crippen LogP contribution in [0.3, 0.4) is 0 Å². The highest BCUT2D eigenvalue weighted by atomic mass is 32.2. The number of nitrogens with two attached hydrogens (primary N) is 1. The first-order valence-corrected chi connectivity index (χ1v) is 8.64. The van der Waals surface area contributed by atoms with Crippen molar-refractivity contribution in [2.24, 2.45) is 5.73 Å². The number of sulfonamides is 1. The van der Waals surface area contributed by atoms with Gasteiger partial charge in [0.15, 0.2) is 0 Å². The number of rotatable bonds is 5. The second kappa shape index (κ2) is 5.95. The van der Waals surface area contributed by atoms with Gasteiger partial charge in [0, 0.05) is 17.1 Å². The van der Waals surface area contributed by atoms with Crippen molar-refractivity contribution >= 4 is 27.0 Å². The van der Waals surface area contributed by atoms with Crippen molar-refractivity contribution < 1.29 is 8.42 Å². The van der Waals surface area contributed by atoms with E-state index in [0.29, 0.717) is 18.2 Å². The van der Waals surface area contributed by atoms with Gasteiger partial charge in [0.25, 0.3) is 10.0 Å². The van der Waals surface area contributed by atoms with Gasteiger partial charge in [0.1, 0.15) is 4.21 Å². The molecule has 0 radical (unpaired) electrons. The molecule has 0 saturated carbocycles. The fourth-order valence-electron chi connectivity index (χ4n) is 1.75. The predicted octanol–water partition coefficient (Wildman–Crippen LogP) is 3.13. The van der Waals surface area contributed by atoms with E-state index >= 15 is 0 Å². The van der Waals surface area contributed by atoms with Crippen molar-refractivity contribution in [2.75, 3.05) is 4.72 Å². The molecule has 0 unspecified atom stereocenters. The first-order chi connectivity index (χ1) is 9.42. The van der Waals surface area contributed by atoms with Crippen LogP contribution >= 0.6 is 11.3 Å². The topological polar surface area (TPSA) is 72.2 Å². The van der Waals surface area contributed by atoms with E-state index in [1.807, 2.05) is 12.1 Å². The van der Waals surface area contributed by atoms with Crippen molar-refractivity contribution in [3.63, 3.8) is 0 Å². The number of hydrogen-bond donors (Lipinski definition) is 2. The third kappa shape index (κ3) is 3.39. The van der Waals surface area contributed by atoms with Gasteiger partial charge in [-0.15, -0.1) is 11.3 Å². The van der Waals surface area contributed by atoms with Gasteiger partial charge in [0.05, 0.1) is 0 Å². The van der Waals surface area contributed by atoms with E-state index < -0.39 is 10.0 Å². The average Bonchev–Trinajstić information content (AvgIpc) is 2.88.